The van der Waals surface area contributed by atoms with E-state index in [0.717, 1.165) is 0 Å². The van der Waals surface area contributed by atoms with Crippen molar-refractivity contribution in [2.45, 2.75) is 94.4 Å². The minimum Gasteiger partial charge on any atom is -0.391 e. The number of methoxy groups -OCH3 is 2. The molecule has 2 aromatic heterocycles. The van der Waals surface area contributed by atoms with Crippen LogP contribution >= 0.6 is 0 Å². The number of aliphatic hydroxyl groups is 2. The van der Waals surface area contributed by atoms with E-state index in [9.17, 15) is 29.4 Å². The fraction of sp³-hybridized carbons (Fsp3) is 0.556. The summed E-state index contributed by atoms with van der Waals surface area (Å²) in [4.78, 5) is 56.9. The van der Waals surface area contributed by atoms with Gasteiger partial charge in [-0.3, -0.25) is 28.5 Å². The van der Waals surface area contributed by atoms with Crippen LogP contribution in [-0.4, -0.2) is 169 Å². The van der Waals surface area contributed by atoms with E-state index in [1.807, 2.05) is 0 Å². The highest BCUT2D eigenvalue weighted by Crippen LogP contribution is 2.33. The summed E-state index contributed by atoms with van der Waals surface area (Å²) in [5.41, 5.74) is 2.07. The first-order valence-electron chi connectivity index (χ1n) is 22.2. The number of carbonyl (C=O) groups excluding carboxylic acids is 4. The molecule has 2 aliphatic rings. The van der Waals surface area contributed by atoms with Gasteiger partial charge in [-0.1, -0.05) is 0 Å². The molecule has 0 unspecified atom stereocenters. The van der Waals surface area contributed by atoms with Gasteiger partial charge in [-0.2, -0.15) is 0 Å². The Labute approximate surface area is 377 Å². The van der Waals surface area contributed by atoms with Gasteiger partial charge >= 0.3 is 0 Å². The summed E-state index contributed by atoms with van der Waals surface area (Å²) in [6.07, 6.45) is 3.58. The third-order valence-corrected chi connectivity index (χ3v) is 12.5. The highest BCUT2D eigenvalue weighted by Gasteiger charge is 2.39. The third-order valence-electron chi connectivity index (χ3n) is 12.5. The number of β-amino-alcohol motifs (C(OH)–C–C–N with tert-alkyl or cyclic N) is 2. The quantitative estimate of drug-likeness (QED) is 0.0528. The molecule has 2 fully saturated rings. The topological polar surface area (TPSA) is 216 Å². The Morgan fingerprint density at radius 1 is 0.692 bits per heavy atom. The molecule has 356 valence electrons. The molecule has 8 atom stereocenters. The van der Waals surface area contributed by atoms with Crippen molar-refractivity contribution >= 4 is 56.8 Å². The lowest BCUT2D eigenvalue weighted by atomic mass is 10.1. The van der Waals surface area contributed by atoms with Crippen LogP contribution in [0.1, 0.15) is 46.0 Å². The first kappa shape index (κ1) is 49.1. The fourth-order valence-corrected chi connectivity index (χ4v) is 8.61. The molecule has 65 heavy (non-hydrogen) atoms. The van der Waals surface area contributed by atoms with Crippen LogP contribution in [0.2, 0.25) is 0 Å². The van der Waals surface area contributed by atoms with Gasteiger partial charge in [0.05, 0.1) is 71.2 Å². The molecule has 6 rings (SSSR count). The van der Waals surface area contributed by atoms with Gasteiger partial charge in [-0.15, -0.1) is 0 Å². The minimum atomic E-state index is -0.883. The van der Waals surface area contributed by atoms with Crippen LogP contribution in [0.15, 0.2) is 48.8 Å². The molecule has 8 N–H and O–H groups in total. The number of ether oxygens (including phenoxy) is 2. The Hall–Kier alpha value is -5.38. The number of aromatic nitrogens is 2. The average Bonchev–Trinajstić information content (AvgIpc) is 4.06. The Balaban J connectivity index is 1.25. The molecule has 0 spiro atoms. The van der Waals surface area contributed by atoms with E-state index in [1.54, 1.807) is 78.7 Å². The molecule has 2 aliphatic heterocycles. The Bertz CT molecular complexity index is 2290. The number of halogens is 2. The lowest BCUT2D eigenvalue weighted by Crippen LogP contribution is -2.54. The van der Waals surface area contributed by atoms with Crippen molar-refractivity contribution in [2.24, 2.45) is 0 Å². The number of nitrogens with one attached hydrogen (secondary N) is 6. The number of fused-ring (bicyclic) bond motifs is 2. The maximum Gasteiger partial charge on any atom is 0.245 e. The lowest BCUT2D eigenvalue weighted by Gasteiger charge is -2.30. The second kappa shape index (κ2) is 22.2. The van der Waals surface area contributed by atoms with E-state index in [4.69, 9.17) is 9.47 Å². The SMILES string of the molecule is CN[C@@H](C)C(=O)N[C@@H](CCCOC)C(=O)N1C[C@@H](O)C[C@H]1CNc1cn(-n2cc(NC[C@@H]3C[C@H](O)CN3C(=O)[C@H](CCOC)NC(=O)[C@H](C)NC)c3ccc(F)cc32)c2cc(F)ccc12. The van der Waals surface area contributed by atoms with Crippen molar-refractivity contribution in [1.82, 2.24) is 40.4 Å². The average molecular weight is 911 g/mol. The van der Waals surface area contributed by atoms with Gasteiger partial charge in [0.15, 0.2) is 0 Å². The van der Waals surface area contributed by atoms with Gasteiger partial charge in [0.2, 0.25) is 23.6 Å². The second-order valence-electron chi connectivity index (χ2n) is 17.0. The van der Waals surface area contributed by atoms with Crippen LogP contribution < -0.4 is 31.9 Å². The highest BCUT2D eigenvalue weighted by atomic mass is 19.1. The number of likely N-dealkylation sites (tertiary alicyclic amines) is 2. The summed E-state index contributed by atoms with van der Waals surface area (Å²) >= 11 is 0. The monoisotopic (exact) mass is 910 g/mol. The Morgan fingerprint density at radius 3 is 1.54 bits per heavy atom. The van der Waals surface area contributed by atoms with E-state index >= 15 is 8.78 Å². The summed E-state index contributed by atoms with van der Waals surface area (Å²) in [5, 5.41) is 41.1. The molecule has 4 aromatic rings. The summed E-state index contributed by atoms with van der Waals surface area (Å²) in [6, 6.07) is 4.95. The van der Waals surface area contributed by atoms with Crippen molar-refractivity contribution in [2.75, 3.05) is 78.3 Å². The number of benzene rings is 2. The fourth-order valence-electron chi connectivity index (χ4n) is 8.61. The molecule has 0 radical (unpaired) electrons. The molecular formula is C45H64F2N10O8. The normalized spacial score (nSPS) is 20.5. The van der Waals surface area contributed by atoms with E-state index < -0.39 is 60.1 Å². The molecule has 4 amide bonds. The van der Waals surface area contributed by atoms with Gasteiger partial charge in [-0.05, 0) is 84.3 Å². The number of likely N-dealkylation sites (N-methyl/N-ethyl adjacent to an activating group) is 2. The highest BCUT2D eigenvalue weighted by molar-refractivity contribution is 5.96. The molecule has 2 aromatic carbocycles. The summed E-state index contributed by atoms with van der Waals surface area (Å²) < 4.78 is 43.9. The number of rotatable bonds is 22. The Kier molecular flexibility index (Phi) is 16.8. The lowest BCUT2D eigenvalue weighted by molar-refractivity contribution is -0.138. The second-order valence-corrected chi connectivity index (χ2v) is 17.0. The summed E-state index contributed by atoms with van der Waals surface area (Å²) in [5.74, 6) is -2.34. The van der Waals surface area contributed by atoms with Gasteiger partial charge in [0.25, 0.3) is 0 Å². The van der Waals surface area contributed by atoms with Crippen LogP contribution in [-0.2, 0) is 28.7 Å². The number of hydrogen-bond donors (Lipinski definition) is 8. The van der Waals surface area contributed by atoms with Crippen LogP contribution in [0.5, 0.6) is 0 Å². The number of carbonyl (C=O) groups is 4. The predicted molar refractivity (Wildman–Crippen MR) is 242 cm³/mol. The van der Waals surface area contributed by atoms with Crippen LogP contribution in [0.3, 0.4) is 0 Å². The first-order chi connectivity index (χ1) is 31.2. The van der Waals surface area contributed by atoms with Gasteiger partial charge < -0.3 is 61.4 Å². The zero-order valence-electron chi connectivity index (χ0n) is 37.9. The van der Waals surface area contributed by atoms with E-state index in [-0.39, 0.29) is 75.7 Å². The van der Waals surface area contributed by atoms with E-state index in [2.05, 4.69) is 31.9 Å². The summed E-state index contributed by atoms with van der Waals surface area (Å²) in [7, 11) is 6.38. The van der Waals surface area contributed by atoms with E-state index in [1.165, 1.54) is 31.4 Å². The predicted octanol–water partition coefficient (Wildman–Crippen LogP) is 1.58. The zero-order chi connectivity index (χ0) is 46.9. The largest absolute Gasteiger partial charge is 0.391 e. The molecule has 20 heteroatoms. The zero-order valence-corrected chi connectivity index (χ0v) is 37.9. The molecule has 18 nitrogen and oxygen atoms in total. The van der Waals surface area contributed by atoms with Crippen molar-refractivity contribution in [3.63, 3.8) is 0 Å². The maximum absolute atomic E-state index is 15.1. The van der Waals surface area contributed by atoms with Crippen LogP contribution in [0.25, 0.3) is 21.8 Å². The molecular weight excluding hydrogens is 847 g/mol. The van der Waals surface area contributed by atoms with Crippen molar-refractivity contribution in [3.8, 4) is 0 Å². The molecule has 4 heterocycles. The number of aliphatic hydroxyl groups excluding tert-OH is 2. The smallest absolute Gasteiger partial charge is 0.245 e. The minimum absolute atomic E-state index is 0.0724. The molecule has 0 saturated carbocycles. The van der Waals surface area contributed by atoms with Crippen molar-refractivity contribution < 1.29 is 47.6 Å². The van der Waals surface area contributed by atoms with Gasteiger partial charge in [0, 0.05) is 76.5 Å². The van der Waals surface area contributed by atoms with Crippen LogP contribution in [0.4, 0.5) is 20.2 Å². The van der Waals surface area contributed by atoms with Gasteiger partial charge in [-0.25, -0.2) is 8.78 Å². The number of anilines is 2. The first-order valence-corrected chi connectivity index (χ1v) is 22.2. The number of hydrogen-bond acceptors (Lipinski definition) is 12. The maximum atomic E-state index is 15.1. The molecule has 0 bridgehead atoms. The van der Waals surface area contributed by atoms with Crippen molar-refractivity contribution in [1.29, 1.82) is 0 Å². The summed E-state index contributed by atoms with van der Waals surface area (Å²) in [6.45, 7) is 4.59. The van der Waals surface area contributed by atoms with E-state index in [0.29, 0.717) is 52.6 Å². The Morgan fingerprint density at radius 2 is 1.12 bits per heavy atom. The van der Waals surface area contributed by atoms with Crippen molar-refractivity contribution in [3.05, 3.63) is 60.4 Å². The third kappa shape index (κ3) is 11.5. The standard InChI is InChI=1S/C45H64F2N10O8/c1-26(48-3)42(60)52-36(8-7-14-64-5)44(62)54-22-32(58)18-30(54)20-50-38-24-56(40-16-28(46)9-11-34(38)40)57-25-39(35-12-10-29(47)17-41(35)57)51-21-31-19-33(59)23-55(31)45(63)37(13-15-65-6)53-43(61)27(2)49-4/h9-12,16-17,24-27,30-33,36-37,48-51,58-59H,7-8,13-15,18-23H2,1-6H3,(H,52,60)(H,53,61)/t26-,27-,30-,31-,32-,33-,36-,37-/m0/s1. The van der Waals surface area contributed by atoms with Gasteiger partial charge in [0.1, 0.15) is 23.7 Å². The van der Waals surface area contributed by atoms with Crippen LogP contribution in [0, 0.1) is 11.6 Å². The molecule has 0 aliphatic carbocycles. The number of nitrogens with zero attached hydrogens (tertiary/aromatic N) is 4. The number of amides is 4. The molecule has 2 saturated heterocycles.